The number of urea groups is 1. The molecule has 124 valence electrons. The Hall–Kier alpha value is -2.38. The number of carbonyl (C=O) groups is 3. The Morgan fingerprint density at radius 2 is 2.09 bits per heavy atom. The second-order valence-electron chi connectivity index (χ2n) is 6.44. The molecule has 3 rings (SSSR count). The smallest absolute Gasteiger partial charge is 0.322 e. The minimum atomic E-state index is -0.833. The highest BCUT2D eigenvalue weighted by Crippen LogP contribution is 2.26. The van der Waals surface area contributed by atoms with Crippen LogP contribution in [0.1, 0.15) is 25.3 Å². The average Bonchev–Trinajstić information content (AvgIpc) is 3.03. The number of piperidine rings is 1. The molecule has 2 fully saturated rings. The van der Waals surface area contributed by atoms with E-state index in [9.17, 15) is 14.4 Å². The summed E-state index contributed by atoms with van der Waals surface area (Å²) in [5, 5.41) is 9.09. The number of nitrogens with one attached hydrogen (secondary N) is 2. The van der Waals surface area contributed by atoms with Crippen molar-refractivity contribution in [1.82, 2.24) is 25.3 Å². The van der Waals surface area contributed by atoms with E-state index in [1.54, 1.807) is 15.8 Å². The number of amides is 4. The number of hydrogen-bond donors (Lipinski definition) is 2. The van der Waals surface area contributed by atoms with Crippen LogP contribution >= 0.6 is 0 Å². The van der Waals surface area contributed by atoms with E-state index < -0.39 is 11.6 Å². The van der Waals surface area contributed by atoms with Crippen LogP contribution in [0.15, 0.2) is 12.4 Å². The van der Waals surface area contributed by atoms with E-state index in [0.717, 1.165) is 5.56 Å². The van der Waals surface area contributed by atoms with Crippen molar-refractivity contribution in [2.24, 2.45) is 13.0 Å². The normalized spacial score (nSPS) is 21.2. The zero-order valence-electron chi connectivity index (χ0n) is 13.3. The van der Waals surface area contributed by atoms with Gasteiger partial charge in [0.15, 0.2) is 0 Å². The predicted molar refractivity (Wildman–Crippen MR) is 81.3 cm³/mol. The standard InChI is InChI=1S/C15H21N5O3/c1-10(7-11-8-16-19(2)9-11)12(21)20-5-3-15(4-6-20)13(22)17-14(23)18-15/h8-10H,3-7H2,1-2H3,(H2,17,18,22,23). The number of likely N-dealkylation sites (tertiary alicyclic amines) is 1. The molecule has 1 spiro atoms. The van der Waals surface area contributed by atoms with Crippen LogP contribution in [0.25, 0.3) is 0 Å². The van der Waals surface area contributed by atoms with Gasteiger partial charge in [-0.3, -0.25) is 19.6 Å². The van der Waals surface area contributed by atoms with Gasteiger partial charge in [-0.1, -0.05) is 6.92 Å². The first-order valence-electron chi connectivity index (χ1n) is 7.79. The van der Waals surface area contributed by atoms with Gasteiger partial charge in [0.1, 0.15) is 5.54 Å². The van der Waals surface area contributed by atoms with Gasteiger partial charge in [-0.05, 0) is 24.8 Å². The third-order valence-electron chi connectivity index (χ3n) is 4.66. The van der Waals surface area contributed by atoms with Crippen molar-refractivity contribution in [3.63, 3.8) is 0 Å². The zero-order valence-corrected chi connectivity index (χ0v) is 13.3. The largest absolute Gasteiger partial charge is 0.342 e. The number of aryl methyl sites for hydroxylation is 1. The van der Waals surface area contributed by atoms with Crippen molar-refractivity contribution in [2.45, 2.75) is 31.7 Å². The molecular formula is C15H21N5O3. The Labute approximate surface area is 134 Å². The fourth-order valence-electron chi connectivity index (χ4n) is 3.32. The van der Waals surface area contributed by atoms with Crippen molar-refractivity contribution < 1.29 is 14.4 Å². The van der Waals surface area contributed by atoms with Gasteiger partial charge in [-0.15, -0.1) is 0 Å². The lowest BCUT2D eigenvalue weighted by Gasteiger charge is -2.38. The lowest BCUT2D eigenvalue weighted by molar-refractivity contribution is -0.138. The molecule has 2 N–H and O–H groups in total. The van der Waals surface area contributed by atoms with Gasteiger partial charge in [0, 0.05) is 32.3 Å². The molecule has 23 heavy (non-hydrogen) atoms. The summed E-state index contributed by atoms with van der Waals surface area (Å²) in [7, 11) is 1.85. The Morgan fingerprint density at radius 1 is 1.39 bits per heavy atom. The maximum absolute atomic E-state index is 12.6. The maximum atomic E-state index is 12.6. The van der Waals surface area contributed by atoms with Crippen LogP contribution in [0.3, 0.4) is 0 Å². The van der Waals surface area contributed by atoms with Gasteiger partial charge in [0.05, 0.1) is 6.20 Å². The summed E-state index contributed by atoms with van der Waals surface area (Å²) in [6, 6.07) is -0.445. The van der Waals surface area contributed by atoms with E-state index >= 15 is 0 Å². The Kier molecular flexibility index (Phi) is 3.83. The average molecular weight is 319 g/mol. The van der Waals surface area contributed by atoms with Crippen molar-refractivity contribution in [3.05, 3.63) is 18.0 Å². The first-order chi connectivity index (χ1) is 10.9. The van der Waals surface area contributed by atoms with Crippen molar-refractivity contribution in [1.29, 1.82) is 0 Å². The van der Waals surface area contributed by atoms with E-state index in [4.69, 9.17) is 0 Å². The molecule has 1 unspecified atom stereocenters. The van der Waals surface area contributed by atoms with Gasteiger partial charge >= 0.3 is 6.03 Å². The number of rotatable bonds is 3. The molecule has 1 aromatic heterocycles. The Bertz CT molecular complexity index is 645. The van der Waals surface area contributed by atoms with Crippen LogP contribution in [-0.2, 0) is 23.1 Å². The molecule has 8 nitrogen and oxygen atoms in total. The highest BCUT2D eigenvalue weighted by molar-refractivity contribution is 6.07. The summed E-state index contributed by atoms with van der Waals surface area (Å²) >= 11 is 0. The van der Waals surface area contributed by atoms with Crippen molar-refractivity contribution in [3.8, 4) is 0 Å². The third kappa shape index (κ3) is 2.93. The maximum Gasteiger partial charge on any atom is 0.322 e. The quantitative estimate of drug-likeness (QED) is 0.754. The fourth-order valence-corrected chi connectivity index (χ4v) is 3.32. The Balaban J connectivity index is 1.57. The van der Waals surface area contributed by atoms with Crippen LogP contribution in [0.4, 0.5) is 4.79 Å². The molecule has 0 aromatic carbocycles. The molecule has 1 atom stereocenters. The topological polar surface area (TPSA) is 96.3 Å². The van der Waals surface area contributed by atoms with E-state index in [1.807, 2.05) is 20.2 Å². The van der Waals surface area contributed by atoms with Gasteiger partial charge in [-0.25, -0.2) is 4.79 Å². The lowest BCUT2D eigenvalue weighted by atomic mass is 9.87. The first-order valence-corrected chi connectivity index (χ1v) is 7.79. The zero-order chi connectivity index (χ0) is 16.6. The minimum Gasteiger partial charge on any atom is -0.342 e. The van der Waals surface area contributed by atoms with Crippen LogP contribution in [0.5, 0.6) is 0 Å². The number of hydrogen-bond acceptors (Lipinski definition) is 4. The van der Waals surface area contributed by atoms with E-state index in [2.05, 4.69) is 15.7 Å². The summed E-state index contributed by atoms with van der Waals surface area (Å²) < 4.78 is 1.72. The summed E-state index contributed by atoms with van der Waals surface area (Å²) in [5.74, 6) is -0.341. The molecule has 2 aliphatic rings. The summed E-state index contributed by atoms with van der Waals surface area (Å²) in [6.45, 7) is 2.86. The van der Waals surface area contributed by atoms with Crippen molar-refractivity contribution >= 4 is 17.8 Å². The molecular weight excluding hydrogens is 298 g/mol. The predicted octanol–water partition coefficient (Wildman–Crippen LogP) is -0.201. The highest BCUT2D eigenvalue weighted by Gasteiger charge is 2.48. The SMILES string of the molecule is CC(Cc1cnn(C)c1)C(=O)N1CCC2(CC1)NC(=O)NC2=O. The fraction of sp³-hybridized carbons (Fsp3) is 0.600. The van der Waals surface area contributed by atoms with Gasteiger partial charge < -0.3 is 10.2 Å². The number of aromatic nitrogens is 2. The minimum absolute atomic E-state index is 0.0773. The third-order valence-corrected chi connectivity index (χ3v) is 4.66. The molecule has 2 saturated heterocycles. The van der Waals surface area contributed by atoms with Crippen LogP contribution in [-0.4, -0.2) is 51.2 Å². The molecule has 8 heteroatoms. The Morgan fingerprint density at radius 3 is 2.61 bits per heavy atom. The molecule has 4 amide bonds. The van der Waals surface area contributed by atoms with Gasteiger partial charge in [0.25, 0.3) is 5.91 Å². The molecule has 0 bridgehead atoms. The summed E-state index contributed by atoms with van der Waals surface area (Å²) in [4.78, 5) is 37.6. The number of carbonyl (C=O) groups excluding carboxylic acids is 3. The van der Waals surface area contributed by atoms with Gasteiger partial charge in [0.2, 0.25) is 5.91 Å². The monoisotopic (exact) mass is 319 g/mol. The van der Waals surface area contributed by atoms with Gasteiger partial charge in [-0.2, -0.15) is 5.10 Å². The van der Waals surface area contributed by atoms with E-state index in [-0.39, 0.29) is 17.7 Å². The lowest BCUT2D eigenvalue weighted by Crippen LogP contribution is -2.56. The van der Waals surface area contributed by atoms with E-state index in [1.165, 1.54) is 0 Å². The van der Waals surface area contributed by atoms with E-state index in [0.29, 0.717) is 32.4 Å². The second kappa shape index (κ2) is 5.68. The van der Waals surface area contributed by atoms with Crippen LogP contribution < -0.4 is 10.6 Å². The molecule has 3 heterocycles. The highest BCUT2D eigenvalue weighted by atomic mass is 16.2. The number of imide groups is 1. The molecule has 0 saturated carbocycles. The van der Waals surface area contributed by atoms with Crippen molar-refractivity contribution in [2.75, 3.05) is 13.1 Å². The van der Waals surface area contributed by atoms with Crippen LogP contribution in [0, 0.1) is 5.92 Å². The molecule has 0 aliphatic carbocycles. The first kappa shape index (κ1) is 15.5. The van der Waals surface area contributed by atoms with Crippen LogP contribution in [0.2, 0.25) is 0 Å². The molecule has 1 aromatic rings. The molecule has 2 aliphatic heterocycles. The summed E-state index contributed by atoms with van der Waals surface area (Å²) in [5.41, 5.74) is 0.199. The summed E-state index contributed by atoms with van der Waals surface area (Å²) in [6.07, 6.45) is 5.23. The number of nitrogens with zero attached hydrogens (tertiary/aromatic N) is 3. The molecule has 0 radical (unpaired) electrons. The second-order valence-corrected chi connectivity index (χ2v) is 6.44.